The van der Waals surface area contributed by atoms with Gasteiger partial charge in [0.2, 0.25) is 0 Å². The molecule has 0 aliphatic carbocycles. The van der Waals surface area contributed by atoms with Crippen LogP contribution >= 0.6 is 47.7 Å². The zero-order chi connectivity index (χ0) is 9.46. The predicted molar refractivity (Wildman–Crippen MR) is 50.2 cm³/mol. The van der Waals surface area contributed by atoms with E-state index < -0.39 is 17.1 Å². The van der Waals surface area contributed by atoms with Crippen LogP contribution in [0.5, 0.6) is 0 Å². The first-order valence-electron chi connectivity index (χ1n) is 2.46. The van der Waals surface area contributed by atoms with E-state index >= 15 is 0 Å². The molecule has 0 saturated heterocycles. The summed E-state index contributed by atoms with van der Waals surface area (Å²) in [6, 6.07) is 0. The molecule has 6 nitrogen and oxygen atoms in total. The third-order valence-electron chi connectivity index (χ3n) is 1.01. The van der Waals surface area contributed by atoms with E-state index in [1.807, 2.05) is 0 Å². The van der Waals surface area contributed by atoms with Crippen LogP contribution in [0.15, 0.2) is 14.4 Å². The van der Waals surface area contributed by atoms with Gasteiger partial charge in [0.15, 0.2) is 0 Å². The number of rotatable bonds is 0. The van der Waals surface area contributed by atoms with E-state index in [4.69, 9.17) is 35.3 Å². The van der Waals surface area contributed by atoms with Crippen molar-refractivity contribution in [3.63, 3.8) is 0 Å². The zero-order valence-corrected chi connectivity index (χ0v) is 8.69. The van der Waals surface area contributed by atoms with E-state index in [-0.39, 0.29) is 24.7 Å². The molecule has 0 amide bonds. The van der Waals surface area contributed by atoms with Crippen LogP contribution in [0.1, 0.15) is 0 Å². The highest BCUT2D eigenvalue weighted by molar-refractivity contribution is 6.19. The number of aromatic nitrogens is 3. The van der Waals surface area contributed by atoms with Gasteiger partial charge in [-0.2, -0.15) is 0 Å². The molecule has 1 aromatic rings. The van der Waals surface area contributed by atoms with Gasteiger partial charge in [-0.05, 0) is 0 Å². The van der Waals surface area contributed by atoms with Crippen molar-refractivity contribution in [2.24, 2.45) is 0 Å². The lowest BCUT2D eigenvalue weighted by Gasteiger charge is -1.96. The predicted octanol–water partition coefficient (Wildman–Crippen LogP) is -0.401. The van der Waals surface area contributed by atoms with Gasteiger partial charge in [0.1, 0.15) is 0 Å². The molecule has 0 unspecified atom stereocenters. The molecule has 1 rings (SSSR count). The largest absolute Gasteiger partial charge is 0.366 e. The number of nitrogens with zero attached hydrogens (tertiary/aromatic N) is 3. The molecule has 0 aromatic carbocycles. The average molecular weight is 269 g/mol. The fourth-order valence-corrected chi connectivity index (χ4v) is 1.05. The summed E-state index contributed by atoms with van der Waals surface area (Å²) in [5, 5.41) is 0. The van der Waals surface area contributed by atoms with Gasteiger partial charge in [0.05, 0.1) is 0 Å². The fraction of sp³-hybridized carbons (Fsp3) is 0. The molecule has 1 heterocycles. The van der Waals surface area contributed by atoms with E-state index in [0.717, 1.165) is 0 Å². The van der Waals surface area contributed by atoms with Gasteiger partial charge in [-0.15, -0.1) is 24.7 Å². The maximum atomic E-state index is 10.8. The van der Waals surface area contributed by atoms with E-state index in [9.17, 15) is 14.4 Å². The van der Waals surface area contributed by atoms with Crippen molar-refractivity contribution < 1.29 is 0 Å². The van der Waals surface area contributed by atoms with Crippen molar-refractivity contribution in [3.05, 3.63) is 31.5 Å². The highest BCUT2D eigenvalue weighted by Crippen LogP contribution is 1.78. The Kier molecular flexibility index (Phi) is 4.05. The minimum absolute atomic E-state index is 0. The van der Waals surface area contributed by atoms with Crippen LogP contribution in [-0.2, 0) is 0 Å². The summed E-state index contributed by atoms with van der Waals surface area (Å²) in [5.74, 6) is 0. The number of hydrogen-bond donors (Lipinski definition) is 0. The molecule has 0 atom stereocenters. The second kappa shape index (κ2) is 4.19. The highest BCUT2D eigenvalue weighted by Gasteiger charge is 2.10. The quantitative estimate of drug-likeness (QED) is 0.643. The summed E-state index contributed by atoms with van der Waals surface area (Å²) < 4.78 is 0.254. The monoisotopic (exact) mass is 267 g/mol. The topological polar surface area (TPSA) is 66.0 Å². The summed E-state index contributed by atoms with van der Waals surface area (Å²) in [7, 11) is 0. The molecule has 10 heteroatoms. The van der Waals surface area contributed by atoms with Gasteiger partial charge in [-0.1, -0.05) is 0 Å². The molecule has 0 radical (unpaired) electrons. The van der Waals surface area contributed by atoms with Crippen molar-refractivity contribution in [3.8, 4) is 0 Å². The van der Waals surface area contributed by atoms with Crippen molar-refractivity contribution in [1.29, 1.82) is 0 Å². The van der Waals surface area contributed by atoms with E-state index in [0.29, 0.717) is 0 Å². The first-order valence-corrected chi connectivity index (χ1v) is 3.48. The summed E-state index contributed by atoms with van der Waals surface area (Å²) >= 11 is 15.3. The lowest BCUT2D eigenvalue weighted by Crippen LogP contribution is -2.47. The Morgan fingerprint density at radius 1 is 0.692 bits per heavy atom. The van der Waals surface area contributed by atoms with Gasteiger partial charge in [-0.3, -0.25) is 0 Å². The van der Waals surface area contributed by atoms with Crippen molar-refractivity contribution in [2.75, 3.05) is 0 Å². The molecule has 0 aliphatic heterocycles. The van der Waals surface area contributed by atoms with Crippen LogP contribution in [0.4, 0.5) is 0 Å². The Hall–Kier alpha value is -0.430. The molecule has 0 bridgehead atoms. The summed E-state index contributed by atoms with van der Waals surface area (Å²) in [6.07, 6.45) is 0. The Labute approximate surface area is 91.6 Å². The molecular formula is C3HCl4N3O3. The van der Waals surface area contributed by atoms with E-state index in [1.165, 1.54) is 0 Å². The molecule has 0 saturated carbocycles. The Bertz CT molecular complexity index is 382. The van der Waals surface area contributed by atoms with Gasteiger partial charge in [0, 0.05) is 35.3 Å². The first-order chi connectivity index (χ1) is 5.46. The smallest absolute Gasteiger partial charge is 0.244 e. The fourth-order valence-electron chi connectivity index (χ4n) is 0.477. The van der Waals surface area contributed by atoms with Crippen LogP contribution in [0.2, 0.25) is 0 Å². The van der Waals surface area contributed by atoms with Crippen molar-refractivity contribution >= 4 is 47.7 Å². The summed E-state index contributed by atoms with van der Waals surface area (Å²) in [6.45, 7) is 0. The molecule has 0 aliphatic rings. The average Bonchev–Trinajstić information content (AvgIpc) is 2.08. The third-order valence-corrected chi connectivity index (χ3v) is 1.88. The molecule has 13 heavy (non-hydrogen) atoms. The molecule has 1 aromatic heterocycles. The third kappa shape index (κ3) is 1.91. The van der Waals surface area contributed by atoms with Crippen LogP contribution < -0.4 is 17.1 Å². The van der Waals surface area contributed by atoms with Crippen molar-refractivity contribution in [2.45, 2.75) is 0 Å². The standard InChI is InChI=1S/C3Cl3N3O3.ClH/c4-7-1(10)8(5)3(12)9(6)2(7)11;/h;1H. The Morgan fingerprint density at radius 2 is 0.846 bits per heavy atom. The minimum atomic E-state index is -1.16. The molecule has 0 spiro atoms. The van der Waals surface area contributed by atoms with Crippen LogP contribution in [0.3, 0.4) is 0 Å². The van der Waals surface area contributed by atoms with E-state index in [2.05, 4.69) is 0 Å². The second-order valence-electron chi connectivity index (χ2n) is 1.69. The lowest BCUT2D eigenvalue weighted by atomic mass is 11.0. The lowest BCUT2D eigenvalue weighted by molar-refractivity contribution is 0.770. The number of hydrogen-bond acceptors (Lipinski definition) is 3. The van der Waals surface area contributed by atoms with Crippen molar-refractivity contribution in [1.82, 2.24) is 12.3 Å². The number of halogens is 4. The zero-order valence-electron chi connectivity index (χ0n) is 5.61. The minimum Gasteiger partial charge on any atom is -0.244 e. The van der Waals surface area contributed by atoms with Gasteiger partial charge >= 0.3 is 17.1 Å². The highest BCUT2D eigenvalue weighted by atomic mass is 35.5. The van der Waals surface area contributed by atoms with Crippen LogP contribution in [0.25, 0.3) is 0 Å². The SMILES string of the molecule is Cl.O=c1n(Cl)c(=O)n(Cl)c(=O)n1Cl. The maximum Gasteiger partial charge on any atom is 0.366 e. The van der Waals surface area contributed by atoms with Crippen LogP contribution in [0, 0.1) is 0 Å². The maximum absolute atomic E-state index is 10.8. The molecule has 0 N–H and O–H groups in total. The van der Waals surface area contributed by atoms with Gasteiger partial charge in [-0.25, -0.2) is 14.4 Å². The van der Waals surface area contributed by atoms with E-state index in [1.54, 1.807) is 0 Å². The summed E-state index contributed by atoms with van der Waals surface area (Å²) in [4.78, 5) is 32.3. The molecule has 74 valence electrons. The Morgan fingerprint density at radius 3 is 1.00 bits per heavy atom. The molecule has 0 fully saturated rings. The second-order valence-corrected chi connectivity index (χ2v) is 2.70. The normalized spacial score (nSPS) is 9.46. The first kappa shape index (κ1) is 12.6. The van der Waals surface area contributed by atoms with Gasteiger partial charge < -0.3 is 0 Å². The summed E-state index contributed by atoms with van der Waals surface area (Å²) in [5.41, 5.74) is -3.49. The van der Waals surface area contributed by atoms with Crippen LogP contribution in [-0.4, -0.2) is 12.3 Å². The Balaban J connectivity index is 0.00000144. The van der Waals surface area contributed by atoms with Gasteiger partial charge in [0.25, 0.3) is 0 Å². The molecular weight excluding hydrogens is 268 g/mol.